The Bertz CT molecular complexity index is 820. The van der Waals surface area contributed by atoms with Crippen LogP contribution in [0.4, 0.5) is 13.2 Å². The van der Waals surface area contributed by atoms with Crippen LogP contribution < -0.4 is 0 Å². The maximum atomic E-state index is 13.2. The molecular weight excluding hydrogens is 501 g/mol. The number of likely N-dealkylation sites (tertiary alicyclic amines) is 2. The number of rotatable bonds is 1. The third-order valence-electron chi connectivity index (χ3n) is 5.21. The monoisotopic (exact) mass is 514 g/mol. The SMILES string of the molecule is CN1C(=O)[C@]2(CCCN2C(=O)C(F)(F)F)[C@@H](c2cc(O)c(Br)cc2Br)[C@@H]1O. The van der Waals surface area contributed by atoms with Gasteiger partial charge >= 0.3 is 12.1 Å². The zero-order valence-corrected chi connectivity index (χ0v) is 17.1. The molecule has 148 valence electrons. The minimum Gasteiger partial charge on any atom is -0.507 e. The van der Waals surface area contributed by atoms with E-state index in [-0.39, 0.29) is 30.7 Å². The van der Waals surface area contributed by atoms with Gasteiger partial charge in [-0.1, -0.05) is 15.9 Å². The highest BCUT2D eigenvalue weighted by Crippen LogP contribution is 2.53. The van der Waals surface area contributed by atoms with E-state index in [0.29, 0.717) is 13.8 Å². The van der Waals surface area contributed by atoms with Crippen LogP contribution in [0.2, 0.25) is 0 Å². The Labute approximate surface area is 169 Å². The zero-order chi connectivity index (χ0) is 20.3. The van der Waals surface area contributed by atoms with Crippen LogP contribution in [-0.2, 0) is 9.59 Å². The largest absolute Gasteiger partial charge is 0.507 e. The molecular formula is C16H15Br2F3N2O4. The molecule has 2 amide bonds. The highest BCUT2D eigenvalue weighted by molar-refractivity contribution is 9.11. The van der Waals surface area contributed by atoms with Crippen molar-refractivity contribution in [3.05, 3.63) is 26.6 Å². The summed E-state index contributed by atoms with van der Waals surface area (Å²) >= 11 is 6.41. The van der Waals surface area contributed by atoms with E-state index in [1.54, 1.807) is 0 Å². The maximum Gasteiger partial charge on any atom is 0.471 e. The average Bonchev–Trinajstić information content (AvgIpc) is 3.08. The number of carbonyl (C=O) groups is 2. The topological polar surface area (TPSA) is 81.1 Å². The van der Waals surface area contributed by atoms with Crippen molar-refractivity contribution in [1.82, 2.24) is 9.80 Å². The molecule has 1 spiro atoms. The molecule has 0 radical (unpaired) electrons. The van der Waals surface area contributed by atoms with Crippen LogP contribution in [0.3, 0.4) is 0 Å². The van der Waals surface area contributed by atoms with Crippen molar-refractivity contribution in [1.29, 1.82) is 0 Å². The molecule has 2 heterocycles. The molecule has 1 aromatic carbocycles. The van der Waals surface area contributed by atoms with Crippen molar-refractivity contribution in [2.75, 3.05) is 13.6 Å². The number of aliphatic hydroxyl groups is 1. The fourth-order valence-electron chi connectivity index (χ4n) is 4.06. The quantitative estimate of drug-likeness (QED) is 0.602. The summed E-state index contributed by atoms with van der Waals surface area (Å²) in [6, 6.07) is 2.74. The number of likely N-dealkylation sites (N-methyl/N-ethyl adjacent to an activating group) is 1. The average molecular weight is 516 g/mol. The van der Waals surface area contributed by atoms with Gasteiger partial charge in [0.2, 0.25) is 0 Å². The Balaban J connectivity index is 2.21. The Kier molecular flexibility index (Phi) is 5.01. The number of carbonyl (C=O) groups excluding carboxylic acids is 2. The first kappa shape index (κ1) is 20.4. The first-order valence-corrected chi connectivity index (χ1v) is 9.53. The van der Waals surface area contributed by atoms with E-state index in [9.17, 15) is 33.0 Å². The Morgan fingerprint density at radius 3 is 2.52 bits per heavy atom. The molecule has 2 aliphatic rings. The number of hydrogen-bond donors (Lipinski definition) is 2. The number of hydrogen-bond acceptors (Lipinski definition) is 4. The summed E-state index contributed by atoms with van der Waals surface area (Å²) in [5.74, 6) is -4.25. The molecule has 3 atom stereocenters. The molecule has 27 heavy (non-hydrogen) atoms. The summed E-state index contributed by atoms with van der Waals surface area (Å²) in [5, 5.41) is 20.7. The van der Waals surface area contributed by atoms with Gasteiger partial charge in [0.1, 0.15) is 17.5 Å². The molecule has 0 bridgehead atoms. The molecule has 1 aromatic rings. The fraction of sp³-hybridized carbons (Fsp3) is 0.500. The summed E-state index contributed by atoms with van der Waals surface area (Å²) in [6.07, 6.45) is -6.45. The number of amides is 2. The maximum absolute atomic E-state index is 13.2. The van der Waals surface area contributed by atoms with Gasteiger partial charge in [0.05, 0.1) is 10.4 Å². The van der Waals surface area contributed by atoms with E-state index in [4.69, 9.17) is 0 Å². The lowest BCUT2D eigenvalue weighted by molar-refractivity contribution is -0.190. The number of alkyl halides is 3. The fourth-order valence-corrected chi connectivity index (χ4v) is 5.30. The van der Waals surface area contributed by atoms with Crippen molar-refractivity contribution in [2.45, 2.75) is 36.7 Å². The minimum atomic E-state index is -5.15. The smallest absolute Gasteiger partial charge is 0.471 e. The number of phenols is 1. The molecule has 2 N–H and O–H groups in total. The lowest BCUT2D eigenvalue weighted by Crippen LogP contribution is -2.58. The third kappa shape index (κ3) is 2.94. The lowest BCUT2D eigenvalue weighted by Gasteiger charge is -2.38. The van der Waals surface area contributed by atoms with Gasteiger partial charge < -0.3 is 20.0 Å². The van der Waals surface area contributed by atoms with Crippen molar-refractivity contribution < 1.29 is 33.0 Å². The van der Waals surface area contributed by atoms with E-state index in [2.05, 4.69) is 31.9 Å². The van der Waals surface area contributed by atoms with E-state index in [0.717, 1.165) is 4.90 Å². The van der Waals surface area contributed by atoms with Gasteiger partial charge in [-0.05, 0) is 46.5 Å². The normalized spacial score (nSPS) is 28.5. The number of aliphatic hydroxyl groups excluding tert-OH is 1. The molecule has 2 aliphatic heterocycles. The van der Waals surface area contributed by atoms with E-state index in [1.165, 1.54) is 19.2 Å². The second-order valence-corrected chi connectivity index (χ2v) is 8.32. The number of nitrogens with zero attached hydrogens (tertiary/aromatic N) is 2. The van der Waals surface area contributed by atoms with E-state index < -0.39 is 35.7 Å². The minimum absolute atomic E-state index is 0.0248. The van der Waals surface area contributed by atoms with Gasteiger partial charge in [-0.25, -0.2) is 0 Å². The number of phenolic OH excluding ortho intramolecular Hbond substituents is 1. The first-order valence-electron chi connectivity index (χ1n) is 7.95. The zero-order valence-electron chi connectivity index (χ0n) is 13.9. The molecule has 0 unspecified atom stereocenters. The Morgan fingerprint density at radius 2 is 1.93 bits per heavy atom. The number of aromatic hydroxyl groups is 1. The third-order valence-corrected chi connectivity index (χ3v) is 6.53. The lowest BCUT2D eigenvalue weighted by atomic mass is 9.78. The van der Waals surface area contributed by atoms with E-state index >= 15 is 0 Å². The predicted molar refractivity (Wildman–Crippen MR) is 94.8 cm³/mol. The Hall–Kier alpha value is -1.33. The summed E-state index contributed by atoms with van der Waals surface area (Å²) in [6.45, 7) is -0.249. The second kappa shape index (κ2) is 6.63. The number of halogens is 5. The van der Waals surface area contributed by atoms with Gasteiger partial charge in [0.15, 0.2) is 0 Å². The number of benzene rings is 1. The summed E-state index contributed by atoms with van der Waals surface area (Å²) in [7, 11) is 1.27. The molecule has 3 rings (SSSR count). The van der Waals surface area contributed by atoms with Crippen molar-refractivity contribution in [2.24, 2.45) is 0 Å². The summed E-state index contributed by atoms with van der Waals surface area (Å²) < 4.78 is 40.2. The highest BCUT2D eigenvalue weighted by atomic mass is 79.9. The van der Waals surface area contributed by atoms with Crippen molar-refractivity contribution in [3.63, 3.8) is 0 Å². The Morgan fingerprint density at radius 1 is 1.30 bits per heavy atom. The van der Waals surface area contributed by atoms with Gasteiger partial charge in [-0.2, -0.15) is 13.2 Å². The van der Waals surface area contributed by atoms with Crippen LogP contribution in [0.1, 0.15) is 24.3 Å². The summed E-state index contributed by atoms with van der Waals surface area (Å²) in [5.41, 5.74) is -1.63. The van der Waals surface area contributed by atoms with Crippen LogP contribution in [0.5, 0.6) is 5.75 Å². The molecule has 0 aromatic heterocycles. The van der Waals surface area contributed by atoms with Crippen LogP contribution in [0.25, 0.3) is 0 Å². The molecule has 6 nitrogen and oxygen atoms in total. The van der Waals surface area contributed by atoms with Crippen LogP contribution >= 0.6 is 31.9 Å². The van der Waals surface area contributed by atoms with Crippen molar-refractivity contribution >= 4 is 43.7 Å². The first-order chi connectivity index (χ1) is 12.4. The van der Waals surface area contributed by atoms with Crippen LogP contribution in [-0.4, -0.2) is 63.4 Å². The van der Waals surface area contributed by atoms with Gasteiger partial charge in [-0.15, -0.1) is 0 Å². The molecule has 0 saturated carbocycles. The highest BCUT2D eigenvalue weighted by Gasteiger charge is 2.66. The van der Waals surface area contributed by atoms with Gasteiger partial charge in [0, 0.05) is 18.1 Å². The second-order valence-electron chi connectivity index (χ2n) is 6.61. The molecule has 2 fully saturated rings. The van der Waals surface area contributed by atoms with E-state index in [1.807, 2.05) is 0 Å². The van der Waals surface area contributed by atoms with Crippen LogP contribution in [0, 0.1) is 0 Å². The van der Waals surface area contributed by atoms with Crippen LogP contribution in [0.15, 0.2) is 21.1 Å². The molecule has 11 heteroatoms. The van der Waals surface area contributed by atoms with Gasteiger partial charge in [0.25, 0.3) is 5.91 Å². The predicted octanol–water partition coefficient (Wildman–Crippen LogP) is 2.71. The summed E-state index contributed by atoms with van der Waals surface area (Å²) in [4.78, 5) is 26.5. The molecule has 2 saturated heterocycles. The standard InChI is InChI=1S/C16H15Br2F3N2O4/c1-22-12(25)11(7-5-10(24)9(18)6-8(7)17)15(13(22)26)3-2-4-23(15)14(27)16(19,20)21/h5-6,11-12,24-25H,2-4H2,1H3/t11-,12-,15-/m0/s1. The van der Waals surface area contributed by atoms with Crippen molar-refractivity contribution in [3.8, 4) is 5.75 Å². The molecule has 0 aliphatic carbocycles. The van der Waals surface area contributed by atoms with Gasteiger partial charge in [-0.3, -0.25) is 9.59 Å².